The molecular weight excluding hydrogens is 174 g/mol. The predicted octanol–water partition coefficient (Wildman–Crippen LogP) is 2.35. The average molecular weight is 187 g/mol. The number of hydrogen-bond acceptors (Lipinski definition) is 2. The van der Waals surface area contributed by atoms with Gasteiger partial charge in [0, 0.05) is 18.2 Å². The largest absolute Gasteiger partial charge is 0.294 e. The molecule has 0 amide bonds. The van der Waals surface area contributed by atoms with Gasteiger partial charge in [-0.15, -0.1) is 0 Å². The maximum atomic E-state index is 11.7. The molecule has 0 aromatic heterocycles. The molecule has 0 saturated carbocycles. The number of Topliss-reactive ketones (excluding diaryl/α,β-unsaturated/α-hetero) is 1. The Hall–Kier alpha value is -1.44. The zero-order valence-electron chi connectivity index (χ0n) is 8.18. The molecule has 1 aromatic rings. The van der Waals surface area contributed by atoms with Crippen molar-refractivity contribution in [3.05, 3.63) is 35.9 Å². The summed E-state index contributed by atoms with van der Waals surface area (Å²) >= 11 is 0. The molecule has 0 spiro atoms. The van der Waals surface area contributed by atoms with Crippen LogP contribution in [-0.4, -0.2) is 18.0 Å². The molecule has 1 aliphatic rings. The third-order valence-electron chi connectivity index (χ3n) is 2.51. The molecule has 2 heteroatoms. The number of ketones is 1. The summed E-state index contributed by atoms with van der Waals surface area (Å²) < 4.78 is 0. The van der Waals surface area contributed by atoms with Crippen molar-refractivity contribution >= 4 is 12.0 Å². The number of nitrogens with zero attached hydrogens (tertiary/aromatic N) is 1. The maximum absolute atomic E-state index is 11.7. The van der Waals surface area contributed by atoms with Crippen LogP contribution in [-0.2, 0) is 0 Å². The van der Waals surface area contributed by atoms with Crippen LogP contribution in [0, 0.1) is 5.92 Å². The topological polar surface area (TPSA) is 29.4 Å². The second-order valence-electron chi connectivity index (χ2n) is 3.76. The van der Waals surface area contributed by atoms with E-state index in [-0.39, 0.29) is 5.78 Å². The van der Waals surface area contributed by atoms with E-state index in [9.17, 15) is 4.79 Å². The smallest absolute Gasteiger partial charge is 0.163 e. The van der Waals surface area contributed by atoms with Gasteiger partial charge in [-0.25, -0.2) is 0 Å². The van der Waals surface area contributed by atoms with Crippen LogP contribution in [0.2, 0.25) is 0 Å². The molecule has 2 unspecified atom stereocenters. The van der Waals surface area contributed by atoms with Crippen LogP contribution in [0.5, 0.6) is 0 Å². The number of benzene rings is 1. The van der Waals surface area contributed by atoms with Gasteiger partial charge in [-0.3, -0.25) is 9.79 Å². The summed E-state index contributed by atoms with van der Waals surface area (Å²) in [5.74, 6) is 0.566. The van der Waals surface area contributed by atoms with Gasteiger partial charge in [0.2, 0.25) is 0 Å². The standard InChI is InChI=1S/C12H13NO/c1-9(11-8-13-11)7-12(14)10-5-3-2-4-6-10/h2-6,8-9,11H,7H2,1H3. The Morgan fingerprint density at radius 2 is 2.07 bits per heavy atom. The molecular formula is C12H13NO. The minimum atomic E-state index is 0.216. The second-order valence-corrected chi connectivity index (χ2v) is 3.76. The van der Waals surface area contributed by atoms with Gasteiger partial charge >= 0.3 is 0 Å². The Labute approximate surface area is 83.7 Å². The fourth-order valence-electron chi connectivity index (χ4n) is 1.50. The Kier molecular flexibility index (Phi) is 2.44. The highest BCUT2D eigenvalue weighted by atomic mass is 16.1. The van der Waals surface area contributed by atoms with Crippen LogP contribution < -0.4 is 0 Å². The number of carbonyl (C=O) groups excluding carboxylic acids is 1. The average Bonchev–Trinajstić information content (AvgIpc) is 3.02. The molecule has 0 fully saturated rings. The monoisotopic (exact) mass is 187 g/mol. The van der Waals surface area contributed by atoms with Crippen molar-refractivity contribution in [1.29, 1.82) is 0 Å². The zero-order valence-corrected chi connectivity index (χ0v) is 8.18. The first-order chi connectivity index (χ1) is 6.77. The Balaban J connectivity index is 1.95. The first-order valence-corrected chi connectivity index (χ1v) is 4.89. The maximum Gasteiger partial charge on any atom is 0.163 e. The lowest BCUT2D eigenvalue weighted by Crippen LogP contribution is -2.11. The molecule has 1 aliphatic heterocycles. The molecule has 2 atom stereocenters. The van der Waals surface area contributed by atoms with Crippen LogP contribution in [0.25, 0.3) is 0 Å². The van der Waals surface area contributed by atoms with E-state index >= 15 is 0 Å². The molecule has 0 saturated heterocycles. The molecule has 0 radical (unpaired) electrons. The van der Waals surface area contributed by atoms with Crippen molar-refractivity contribution < 1.29 is 4.79 Å². The molecule has 14 heavy (non-hydrogen) atoms. The van der Waals surface area contributed by atoms with Gasteiger partial charge in [0.05, 0.1) is 6.04 Å². The summed E-state index contributed by atoms with van der Waals surface area (Å²) in [5, 5.41) is 0. The molecule has 2 rings (SSSR count). The van der Waals surface area contributed by atoms with Crippen molar-refractivity contribution in [3.63, 3.8) is 0 Å². The zero-order chi connectivity index (χ0) is 9.97. The van der Waals surface area contributed by atoms with E-state index in [1.807, 2.05) is 36.5 Å². The summed E-state index contributed by atoms with van der Waals surface area (Å²) in [6.45, 7) is 2.07. The highest BCUT2D eigenvalue weighted by Gasteiger charge is 2.24. The quantitative estimate of drug-likeness (QED) is 0.665. The number of rotatable bonds is 4. The lowest BCUT2D eigenvalue weighted by Gasteiger charge is -2.07. The second kappa shape index (κ2) is 3.74. The van der Waals surface area contributed by atoms with Crippen molar-refractivity contribution in [2.24, 2.45) is 10.9 Å². The van der Waals surface area contributed by atoms with Gasteiger partial charge in [0.25, 0.3) is 0 Å². The van der Waals surface area contributed by atoms with E-state index in [4.69, 9.17) is 0 Å². The fourth-order valence-corrected chi connectivity index (χ4v) is 1.50. The SMILES string of the molecule is CC(CC(=O)c1ccccc1)C1C=N1. The van der Waals surface area contributed by atoms with Crippen LogP contribution in [0.4, 0.5) is 0 Å². The van der Waals surface area contributed by atoms with Gasteiger partial charge in [-0.1, -0.05) is 37.3 Å². The fraction of sp³-hybridized carbons (Fsp3) is 0.333. The number of aliphatic imine (C=N–C) groups is 1. The Morgan fingerprint density at radius 1 is 1.43 bits per heavy atom. The number of hydrogen-bond donors (Lipinski definition) is 0. The van der Waals surface area contributed by atoms with Crippen molar-refractivity contribution in [3.8, 4) is 0 Å². The van der Waals surface area contributed by atoms with Crippen molar-refractivity contribution in [2.75, 3.05) is 0 Å². The van der Waals surface area contributed by atoms with Crippen molar-refractivity contribution in [1.82, 2.24) is 0 Å². The molecule has 72 valence electrons. The summed E-state index contributed by atoms with van der Waals surface area (Å²) in [6, 6.07) is 9.76. The molecule has 2 nitrogen and oxygen atoms in total. The first kappa shape index (κ1) is 9.13. The summed E-state index contributed by atoms with van der Waals surface area (Å²) in [5.41, 5.74) is 0.806. The highest BCUT2D eigenvalue weighted by Crippen LogP contribution is 2.19. The first-order valence-electron chi connectivity index (χ1n) is 4.89. The van der Waals surface area contributed by atoms with Gasteiger partial charge in [-0.05, 0) is 5.92 Å². The highest BCUT2D eigenvalue weighted by molar-refractivity contribution is 5.96. The number of carbonyl (C=O) groups is 1. The summed E-state index contributed by atoms with van der Waals surface area (Å²) in [6.07, 6.45) is 2.50. The van der Waals surface area contributed by atoms with E-state index in [0.29, 0.717) is 18.4 Å². The molecule has 0 aliphatic carbocycles. The molecule has 1 heterocycles. The van der Waals surface area contributed by atoms with Crippen LogP contribution in [0.1, 0.15) is 23.7 Å². The van der Waals surface area contributed by atoms with Crippen molar-refractivity contribution in [2.45, 2.75) is 19.4 Å². The van der Waals surface area contributed by atoms with Gasteiger partial charge in [0.1, 0.15) is 0 Å². The third kappa shape index (κ3) is 2.08. The van der Waals surface area contributed by atoms with Crippen LogP contribution in [0.3, 0.4) is 0 Å². The van der Waals surface area contributed by atoms with E-state index in [2.05, 4.69) is 11.9 Å². The minimum absolute atomic E-state index is 0.216. The molecule has 0 N–H and O–H groups in total. The summed E-state index contributed by atoms with van der Waals surface area (Å²) in [4.78, 5) is 15.8. The molecule has 0 bridgehead atoms. The lowest BCUT2D eigenvalue weighted by molar-refractivity contribution is 0.0965. The minimum Gasteiger partial charge on any atom is -0.294 e. The Bertz CT molecular complexity index is 350. The third-order valence-corrected chi connectivity index (χ3v) is 2.51. The predicted molar refractivity (Wildman–Crippen MR) is 56.8 cm³/mol. The van der Waals surface area contributed by atoms with Crippen LogP contribution >= 0.6 is 0 Å². The van der Waals surface area contributed by atoms with Gasteiger partial charge < -0.3 is 0 Å². The van der Waals surface area contributed by atoms with Crippen LogP contribution in [0.15, 0.2) is 35.3 Å². The van der Waals surface area contributed by atoms with Gasteiger partial charge in [-0.2, -0.15) is 0 Å². The van der Waals surface area contributed by atoms with E-state index < -0.39 is 0 Å². The molecule has 1 aromatic carbocycles. The van der Waals surface area contributed by atoms with E-state index in [1.165, 1.54) is 0 Å². The van der Waals surface area contributed by atoms with Gasteiger partial charge in [0.15, 0.2) is 5.78 Å². The van der Waals surface area contributed by atoms with E-state index in [1.54, 1.807) is 0 Å². The summed E-state index contributed by atoms with van der Waals surface area (Å²) in [7, 11) is 0. The normalized spacial score (nSPS) is 20.5. The Morgan fingerprint density at radius 3 is 2.64 bits per heavy atom. The van der Waals surface area contributed by atoms with E-state index in [0.717, 1.165) is 5.56 Å². The lowest BCUT2D eigenvalue weighted by atomic mass is 9.97.